The molecule has 1 aromatic heterocycles. The van der Waals surface area contributed by atoms with Crippen LogP contribution in [0.1, 0.15) is 33.3 Å². The number of hydrogen-bond acceptors (Lipinski definition) is 3. The number of aromatic nitrogens is 1. The first kappa shape index (κ1) is 15.8. The zero-order valence-electron chi connectivity index (χ0n) is 13.1. The smallest absolute Gasteiger partial charge is 0.270 e. The number of ether oxygens (including phenoxy) is 1. The number of aromatic amines is 1. The van der Waals surface area contributed by atoms with Crippen LogP contribution in [0.15, 0.2) is 36.5 Å². The van der Waals surface area contributed by atoms with Crippen LogP contribution in [0.5, 0.6) is 5.75 Å². The van der Waals surface area contributed by atoms with Crippen molar-refractivity contribution in [2.75, 3.05) is 20.2 Å². The van der Waals surface area contributed by atoms with E-state index in [4.69, 9.17) is 4.74 Å². The van der Waals surface area contributed by atoms with E-state index in [0.717, 1.165) is 11.3 Å². The van der Waals surface area contributed by atoms with Crippen molar-refractivity contribution in [3.8, 4) is 5.75 Å². The summed E-state index contributed by atoms with van der Waals surface area (Å²) in [6.07, 6.45) is 1.55. The molecule has 0 atom stereocenters. The number of nitrogens with zero attached hydrogens (tertiary/aromatic N) is 1. The molecule has 116 valence electrons. The lowest BCUT2D eigenvalue weighted by Crippen LogP contribution is -2.31. The van der Waals surface area contributed by atoms with Crippen molar-refractivity contribution >= 4 is 11.7 Å². The van der Waals surface area contributed by atoms with E-state index in [-0.39, 0.29) is 11.7 Å². The van der Waals surface area contributed by atoms with Crippen molar-refractivity contribution in [1.29, 1.82) is 0 Å². The molecule has 0 unspecified atom stereocenters. The number of likely N-dealkylation sites (N-methyl/N-ethyl adjacent to an activating group) is 1. The lowest BCUT2D eigenvalue weighted by atomic mass is 10.2. The predicted molar refractivity (Wildman–Crippen MR) is 84.4 cm³/mol. The van der Waals surface area contributed by atoms with Gasteiger partial charge in [-0.1, -0.05) is 12.1 Å². The zero-order valence-corrected chi connectivity index (χ0v) is 13.1. The molecule has 0 aliphatic rings. The molecular weight excluding hydrogens is 280 g/mol. The fourth-order valence-electron chi connectivity index (χ4n) is 2.03. The van der Waals surface area contributed by atoms with E-state index in [1.54, 1.807) is 24.2 Å². The number of nitrogens with one attached hydrogen (secondary N) is 1. The molecule has 0 saturated heterocycles. The summed E-state index contributed by atoms with van der Waals surface area (Å²) >= 11 is 0. The van der Waals surface area contributed by atoms with Gasteiger partial charge in [-0.25, -0.2) is 0 Å². The monoisotopic (exact) mass is 300 g/mol. The maximum Gasteiger partial charge on any atom is 0.270 e. The van der Waals surface area contributed by atoms with E-state index >= 15 is 0 Å². The van der Waals surface area contributed by atoms with Crippen LogP contribution in [0.3, 0.4) is 0 Å². The van der Waals surface area contributed by atoms with E-state index < -0.39 is 0 Å². The molecule has 2 rings (SSSR count). The Hall–Kier alpha value is -2.56. The highest BCUT2D eigenvalue weighted by Gasteiger charge is 2.14. The number of Topliss-reactive ketones (excluding diaryl/α,β-unsaturated/α-hetero) is 1. The van der Waals surface area contributed by atoms with Gasteiger partial charge in [-0.2, -0.15) is 0 Å². The summed E-state index contributed by atoms with van der Waals surface area (Å²) in [7, 11) is 1.70. The summed E-state index contributed by atoms with van der Waals surface area (Å²) in [4.78, 5) is 27.8. The van der Waals surface area contributed by atoms with Crippen LogP contribution < -0.4 is 4.74 Å². The van der Waals surface area contributed by atoms with Crippen molar-refractivity contribution < 1.29 is 14.3 Å². The van der Waals surface area contributed by atoms with Gasteiger partial charge in [0.1, 0.15) is 18.1 Å². The van der Waals surface area contributed by atoms with Gasteiger partial charge in [-0.05, 0) is 37.6 Å². The van der Waals surface area contributed by atoms with Gasteiger partial charge in [0, 0.05) is 18.8 Å². The SMILES string of the molecule is CC(=O)c1c[nH]c(C(=O)N(C)CCOc2cccc(C)c2)c1. The van der Waals surface area contributed by atoms with Crippen LogP contribution in [-0.4, -0.2) is 41.8 Å². The van der Waals surface area contributed by atoms with Crippen molar-refractivity contribution in [3.05, 3.63) is 53.3 Å². The molecule has 5 heteroatoms. The molecule has 0 saturated carbocycles. The molecule has 0 radical (unpaired) electrons. The average Bonchev–Trinajstić information content (AvgIpc) is 2.96. The van der Waals surface area contributed by atoms with Gasteiger partial charge in [0.25, 0.3) is 5.91 Å². The third kappa shape index (κ3) is 3.97. The first-order chi connectivity index (χ1) is 10.5. The minimum atomic E-state index is -0.166. The lowest BCUT2D eigenvalue weighted by molar-refractivity contribution is 0.0768. The van der Waals surface area contributed by atoms with Crippen molar-refractivity contribution in [2.24, 2.45) is 0 Å². The van der Waals surface area contributed by atoms with Gasteiger partial charge in [-0.15, -0.1) is 0 Å². The first-order valence-corrected chi connectivity index (χ1v) is 7.11. The minimum absolute atomic E-state index is 0.0688. The molecule has 2 aromatic rings. The number of carbonyl (C=O) groups is 2. The predicted octanol–water partition coefficient (Wildman–Crippen LogP) is 2.68. The summed E-state index contributed by atoms with van der Waals surface area (Å²) in [5.74, 6) is 0.556. The topological polar surface area (TPSA) is 62.4 Å². The number of hydrogen-bond donors (Lipinski definition) is 1. The number of amides is 1. The van der Waals surface area contributed by atoms with Crippen LogP contribution in [-0.2, 0) is 0 Å². The quantitative estimate of drug-likeness (QED) is 0.834. The van der Waals surface area contributed by atoms with Gasteiger partial charge >= 0.3 is 0 Å². The second kappa shape index (κ2) is 6.93. The Kier molecular flexibility index (Phi) is 4.99. The lowest BCUT2D eigenvalue weighted by Gasteiger charge is -2.16. The third-order valence-corrected chi connectivity index (χ3v) is 3.35. The van der Waals surface area contributed by atoms with E-state index in [2.05, 4.69) is 4.98 Å². The Morgan fingerprint density at radius 3 is 2.68 bits per heavy atom. The molecule has 0 aliphatic carbocycles. The molecule has 22 heavy (non-hydrogen) atoms. The Labute approximate surface area is 129 Å². The van der Waals surface area contributed by atoms with Gasteiger partial charge in [0.15, 0.2) is 5.78 Å². The summed E-state index contributed by atoms with van der Waals surface area (Å²) in [6.45, 7) is 4.34. The van der Waals surface area contributed by atoms with Gasteiger partial charge in [0.2, 0.25) is 0 Å². The Balaban J connectivity index is 1.87. The van der Waals surface area contributed by atoms with Crippen LogP contribution >= 0.6 is 0 Å². The number of benzene rings is 1. The molecule has 1 aromatic carbocycles. The molecule has 1 heterocycles. The largest absolute Gasteiger partial charge is 0.492 e. The van der Waals surface area contributed by atoms with Gasteiger partial charge < -0.3 is 14.6 Å². The van der Waals surface area contributed by atoms with E-state index in [0.29, 0.717) is 24.4 Å². The highest BCUT2D eigenvalue weighted by atomic mass is 16.5. The molecule has 1 amide bonds. The highest BCUT2D eigenvalue weighted by molar-refractivity contribution is 5.98. The molecule has 0 fully saturated rings. The third-order valence-electron chi connectivity index (χ3n) is 3.35. The second-order valence-corrected chi connectivity index (χ2v) is 5.25. The van der Waals surface area contributed by atoms with Crippen molar-refractivity contribution in [2.45, 2.75) is 13.8 Å². The maximum absolute atomic E-state index is 12.2. The Bertz CT molecular complexity index is 676. The van der Waals surface area contributed by atoms with Gasteiger partial charge in [0.05, 0.1) is 6.54 Å². The number of H-pyrrole nitrogens is 1. The van der Waals surface area contributed by atoms with Gasteiger partial charge in [-0.3, -0.25) is 9.59 Å². The Morgan fingerprint density at radius 2 is 2.05 bits per heavy atom. The molecule has 0 spiro atoms. The average molecular weight is 300 g/mol. The molecule has 0 aliphatic heterocycles. The zero-order chi connectivity index (χ0) is 16.1. The maximum atomic E-state index is 12.2. The fraction of sp³-hybridized carbons (Fsp3) is 0.294. The molecule has 5 nitrogen and oxygen atoms in total. The van der Waals surface area contributed by atoms with Crippen molar-refractivity contribution in [3.63, 3.8) is 0 Å². The van der Waals surface area contributed by atoms with E-state index in [1.807, 2.05) is 31.2 Å². The summed E-state index contributed by atoms with van der Waals surface area (Å²) in [6, 6.07) is 9.34. The van der Waals surface area contributed by atoms with Crippen LogP contribution in [0, 0.1) is 6.92 Å². The van der Waals surface area contributed by atoms with Crippen molar-refractivity contribution in [1.82, 2.24) is 9.88 Å². The van der Waals surface area contributed by atoms with Crippen LogP contribution in [0.2, 0.25) is 0 Å². The number of rotatable bonds is 6. The molecular formula is C17H20N2O3. The second-order valence-electron chi connectivity index (χ2n) is 5.25. The highest BCUT2D eigenvalue weighted by Crippen LogP contribution is 2.12. The summed E-state index contributed by atoms with van der Waals surface area (Å²) in [5, 5.41) is 0. The fourth-order valence-corrected chi connectivity index (χ4v) is 2.03. The Morgan fingerprint density at radius 1 is 1.27 bits per heavy atom. The van der Waals surface area contributed by atoms with Crippen LogP contribution in [0.4, 0.5) is 0 Å². The molecule has 0 bridgehead atoms. The first-order valence-electron chi connectivity index (χ1n) is 7.11. The number of carbonyl (C=O) groups excluding carboxylic acids is 2. The summed E-state index contributed by atoms with van der Waals surface area (Å²) < 4.78 is 5.63. The minimum Gasteiger partial charge on any atom is -0.492 e. The molecule has 1 N–H and O–H groups in total. The number of aryl methyl sites for hydroxylation is 1. The summed E-state index contributed by atoms with van der Waals surface area (Å²) in [5.41, 5.74) is 2.04. The standard InChI is InChI=1S/C17H20N2O3/c1-12-5-4-6-15(9-12)22-8-7-19(3)17(21)16-10-14(11-18-16)13(2)20/h4-6,9-11,18H,7-8H2,1-3H3. The van der Waals surface area contributed by atoms with Crippen LogP contribution in [0.25, 0.3) is 0 Å². The van der Waals surface area contributed by atoms with E-state index in [9.17, 15) is 9.59 Å². The van der Waals surface area contributed by atoms with E-state index in [1.165, 1.54) is 6.92 Å². The number of ketones is 1. The normalized spacial score (nSPS) is 10.3.